The molecule has 2 aliphatic rings. The molecule has 4 heterocycles. The summed E-state index contributed by atoms with van der Waals surface area (Å²) < 4.78 is 46.8. The summed E-state index contributed by atoms with van der Waals surface area (Å²) in [5.74, 6) is 0.224. The van der Waals surface area contributed by atoms with Gasteiger partial charge >= 0.3 is 6.18 Å². The first-order valence-electron chi connectivity index (χ1n) is 12.6. The highest BCUT2D eigenvalue weighted by Crippen LogP contribution is 2.47. The van der Waals surface area contributed by atoms with Crippen LogP contribution >= 0.6 is 0 Å². The molecular weight excluding hydrogens is 481 g/mol. The van der Waals surface area contributed by atoms with E-state index >= 15 is 0 Å². The number of nitrogens with one attached hydrogen (secondary N) is 1. The van der Waals surface area contributed by atoms with E-state index in [1.807, 2.05) is 36.9 Å². The largest absolute Gasteiger partial charge is 0.477 e. The van der Waals surface area contributed by atoms with Crippen molar-refractivity contribution in [1.82, 2.24) is 15.3 Å². The van der Waals surface area contributed by atoms with Crippen LogP contribution in [0.3, 0.4) is 0 Å². The Hall–Kier alpha value is -3.62. The van der Waals surface area contributed by atoms with Gasteiger partial charge in [0.1, 0.15) is 5.69 Å². The number of benzene rings is 1. The number of para-hydroxylation sites is 1. The Morgan fingerprint density at radius 1 is 1.14 bits per heavy atom. The number of pyridine rings is 2. The number of piperidine rings is 1. The van der Waals surface area contributed by atoms with Gasteiger partial charge in [-0.2, -0.15) is 13.2 Å². The van der Waals surface area contributed by atoms with Gasteiger partial charge in [-0.1, -0.05) is 31.5 Å². The van der Waals surface area contributed by atoms with Crippen molar-refractivity contribution >= 4 is 11.6 Å². The van der Waals surface area contributed by atoms with Crippen molar-refractivity contribution in [2.75, 3.05) is 31.1 Å². The van der Waals surface area contributed by atoms with Gasteiger partial charge < -0.3 is 15.0 Å². The molecule has 1 unspecified atom stereocenters. The maximum Gasteiger partial charge on any atom is 0.418 e. The SMILES string of the molecule is CCOc1ncccc1-c1ccc2c(n1)C(=O)NC[C@]21CCN(c2ccccc2C(F)(F)F)CC1CC. The van der Waals surface area contributed by atoms with Gasteiger partial charge in [0.2, 0.25) is 5.88 Å². The molecule has 1 amide bonds. The van der Waals surface area contributed by atoms with Crippen LogP contribution in [0.1, 0.15) is 48.3 Å². The minimum atomic E-state index is -4.42. The molecule has 5 rings (SSSR count). The molecule has 37 heavy (non-hydrogen) atoms. The molecular formula is C28H29F3N4O2. The van der Waals surface area contributed by atoms with Crippen molar-refractivity contribution in [1.29, 1.82) is 0 Å². The molecule has 1 aromatic carbocycles. The number of carbonyl (C=O) groups is 1. The van der Waals surface area contributed by atoms with E-state index in [9.17, 15) is 18.0 Å². The van der Waals surface area contributed by atoms with Crippen LogP contribution in [0.4, 0.5) is 18.9 Å². The summed E-state index contributed by atoms with van der Waals surface area (Å²) in [4.78, 5) is 23.9. The molecule has 2 atom stereocenters. The second kappa shape index (κ2) is 9.68. The molecule has 0 saturated carbocycles. The van der Waals surface area contributed by atoms with Crippen LogP contribution in [-0.2, 0) is 11.6 Å². The predicted octanol–water partition coefficient (Wildman–Crippen LogP) is 5.48. The zero-order valence-electron chi connectivity index (χ0n) is 20.8. The molecule has 1 fully saturated rings. The Kier molecular flexibility index (Phi) is 6.56. The van der Waals surface area contributed by atoms with Crippen LogP contribution in [0.2, 0.25) is 0 Å². The van der Waals surface area contributed by atoms with E-state index in [1.165, 1.54) is 6.07 Å². The molecule has 1 spiro atoms. The van der Waals surface area contributed by atoms with Crippen LogP contribution in [0, 0.1) is 5.92 Å². The number of hydrogen-bond donors (Lipinski definition) is 1. The van der Waals surface area contributed by atoms with E-state index < -0.39 is 17.2 Å². The van der Waals surface area contributed by atoms with Gasteiger partial charge in [0, 0.05) is 36.9 Å². The third-order valence-electron chi connectivity index (χ3n) is 7.63. The molecule has 0 radical (unpaired) electrons. The van der Waals surface area contributed by atoms with Gasteiger partial charge in [0.15, 0.2) is 0 Å². The monoisotopic (exact) mass is 510 g/mol. The fourth-order valence-corrected chi connectivity index (χ4v) is 5.82. The van der Waals surface area contributed by atoms with Gasteiger partial charge in [-0.05, 0) is 55.2 Å². The minimum Gasteiger partial charge on any atom is -0.477 e. The van der Waals surface area contributed by atoms with Crippen molar-refractivity contribution in [2.24, 2.45) is 5.92 Å². The van der Waals surface area contributed by atoms with Gasteiger partial charge in [-0.15, -0.1) is 0 Å². The molecule has 1 saturated heterocycles. The lowest BCUT2D eigenvalue weighted by molar-refractivity contribution is -0.137. The van der Waals surface area contributed by atoms with E-state index in [4.69, 9.17) is 9.72 Å². The molecule has 9 heteroatoms. The second-order valence-electron chi connectivity index (χ2n) is 9.54. The Morgan fingerprint density at radius 2 is 1.95 bits per heavy atom. The second-order valence-corrected chi connectivity index (χ2v) is 9.54. The summed E-state index contributed by atoms with van der Waals surface area (Å²) in [5, 5.41) is 3.02. The average molecular weight is 511 g/mol. The number of hydrogen-bond acceptors (Lipinski definition) is 5. The molecule has 0 bridgehead atoms. The molecule has 6 nitrogen and oxygen atoms in total. The first-order chi connectivity index (χ1) is 17.8. The predicted molar refractivity (Wildman–Crippen MR) is 135 cm³/mol. The third kappa shape index (κ3) is 4.40. The maximum absolute atomic E-state index is 13.7. The van der Waals surface area contributed by atoms with Crippen molar-refractivity contribution in [3.63, 3.8) is 0 Å². The Balaban J connectivity index is 1.52. The summed E-state index contributed by atoms with van der Waals surface area (Å²) in [6.45, 7) is 5.71. The van der Waals surface area contributed by atoms with Crippen molar-refractivity contribution < 1.29 is 22.7 Å². The Labute approximate surface area is 213 Å². The summed E-state index contributed by atoms with van der Waals surface area (Å²) in [7, 11) is 0. The van der Waals surface area contributed by atoms with Crippen molar-refractivity contribution in [3.05, 3.63) is 71.5 Å². The number of amides is 1. The molecule has 1 N–H and O–H groups in total. The highest BCUT2D eigenvalue weighted by Gasteiger charge is 2.49. The lowest BCUT2D eigenvalue weighted by Crippen LogP contribution is -2.58. The highest BCUT2D eigenvalue weighted by molar-refractivity contribution is 5.96. The number of ether oxygens (including phenoxy) is 1. The number of anilines is 1. The number of nitrogens with zero attached hydrogens (tertiary/aromatic N) is 3. The van der Waals surface area contributed by atoms with E-state index in [-0.39, 0.29) is 17.5 Å². The van der Waals surface area contributed by atoms with Crippen molar-refractivity contribution in [3.8, 4) is 17.1 Å². The van der Waals surface area contributed by atoms with Crippen LogP contribution in [0.15, 0.2) is 54.7 Å². The molecule has 0 aliphatic carbocycles. The first-order valence-corrected chi connectivity index (χ1v) is 12.6. The fourth-order valence-electron chi connectivity index (χ4n) is 5.82. The number of halogens is 3. The van der Waals surface area contributed by atoms with Gasteiger partial charge in [-0.3, -0.25) is 4.79 Å². The third-order valence-corrected chi connectivity index (χ3v) is 7.63. The van der Waals surface area contributed by atoms with Crippen LogP contribution in [-0.4, -0.2) is 42.1 Å². The van der Waals surface area contributed by atoms with Crippen molar-refractivity contribution in [2.45, 2.75) is 38.3 Å². The smallest absolute Gasteiger partial charge is 0.418 e. The zero-order chi connectivity index (χ0) is 26.2. The molecule has 2 aromatic heterocycles. The molecule has 3 aromatic rings. The van der Waals surface area contributed by atoms with Gasteiger partial charge in [0.05, 0.1) is 23.4 Å². The standard InChI is InChI=1S/C28H29F3N4O2/c1-3-18-16-35(23-10-6-5-9-20(23)28(29,30)31)15-13-27(18)17-33-25(36)24-21(27)11-12-22(34-24)19-8-7-14-32-26(19)37-4-2/h5-12,14,18H,3-4,13,15-17H2,1-2H3,(H,33,36)/t18?,27-/m0/s1. The number of rotatable bonds is 5. The maximum atomic E-state index is 13.7. The lowest BCUT2D eigenvalue weighted by atomic mass is 9.63. The lowest BCUT2D eigenvalue weighted by Gasteiger charge is -2.51. The van der Waals surface area contributed by atoms with Crippen LogP contribution < -0.4 is 15.0 Å². The number of fused-ring (bicyclic) bond motifs is 2. The Morgan fingerprint density at radius 3 is 2.70 bits per heavy atom. The van der Waals surface area contributed by atoms with Crippen LogP contribution in [0.5, 0.6) is 5.88 Å². The first kappa shape index (κ1) is 25.0. The average Bonchev–Trinajstić information content (AvgIpc) is 2.91. The molecule has 194 valence electrons. The Bertz CT molecular complexity index is 1310. The molecule has 2 aliphatic heterocycles. The van der Waals surface area contributed by atoms with E-state index in [0.29, 0.717) is 55.5 Å². The van der Waals surface area contributed by atoms with Gasteiger partial charge in [-0.25, -0.2) is 9.97 Å². The summed E-state index contributed by atoms with van der Waals surface area (Å²) in [6.07, 6.45) is -1.43. The zero-order valence-corrected chi connectivity index (χ0v) is 20.8. The summed E-state index contributed by atoms with van der Waals surface area (Å²) >= 11 is 0. The normalized spacial score (nSPS) is 21.5. The quantitative estimate of drug-likeness (QED) is 0.493. The van der Waals surface area contributed by atoms with E-state index in [1.54, 1.807) is 24.4 Å². The van der Waals surface area contributed by atoms with Crippen LogP contribution in [0.25, 0.3) is 11.3 Å². The topological polar surface area (TPSA) is 67.3 Å². The fraction of sp³-hybridized carbons (Fsp3) is 0.393. The van der Waals surface area contributed by atoms with E-state index in [0.717, 1.165) is 18.1 Å². The highest BCUT2D eigenvalue weighted by atomic mass is 19.4. The number of carbonyl (C=O) groups excluding carboxylic acids is 1. The van der Waals surface area contributed by atoms with E-state index in [2.05, 4.69) is 10.3 Å². The minimum absolute atomic E-state index is 0.0203. The summed E-state index contributed by atoms with van der Waals surface area (Å²) in [5.41, 5.74) is 1.68. The number of alkyl halides is 3. The summed E-state index contributed by atoms with van der Waals surface area (Å²) in [6, 6.07) is 13.2. The van der Waals surface area contributed by atoms with Gasteiger partial charge in [0.25, 0.3) is 5.91 Å². The number of aromatic nitrogens is 2.